The second-order valence-corrected chi connectivity index (χ2v) is 4.83. The zero-order valence-corrected chi connectivity index (χ0v) is 11.3. The van der Waals surface area contributed by atoms with Crippen molar-refractivity contribution in [3.05, 3.63) is 0 Å². The van der Waals surface area contributed by atoms with E-state index in [1.165, 1.54) is 0 Å². The van der Waals surface area contributed by atoms with Crippen LogP contribution in [0.25, 0.3) is 0 Å². The lowest BCUT2D eigenvalue weighted by Crippen LogP contribution is -2.48. The quantitative estimate of drug-likeness (QED) is 0.647. The fourth-order valence-electron chi connectivity index (χ4n) is 1.82. The van der Waals surface area contributed by atoms with E-state index in [0.717, 1.165) is 25.7 Å². The number of hydrogen-bond donors (Lipinski definition) is 0. The summed E-state index contributed by atoms with van der Waals surface area (Å²) in [7, 11) is 3.99. The highest BCUT2D eigenvalue weighted by atomic mass is 16.1. The fourth-order valence-corrected chi connectivity index (χ4v) is 1.82. The average Bonchev–Trinajstić information content (AvgIpc) is 2.23. The van der Waals surface area contributed by atoms with Crippen LogP contribution in [0.15, 0.2) is 0 Å². The van der Waals surface area contributed by atoms with Crippen LogP contribution in [-0.2, 0) is 4.79 Å². The van der Waals surface area contributed by atoms with E-state index in [4.69, 9.17) is 0 Å². The van der Waals surface area contributed by atoms with E-state index in [9.17, 15) is 4.79 Å². The third-order valence-electron chi connectivity index (χ3n) is 3.90. The summed E-state index contributed by atoms with van der Waals surface area (Å²) in [6.07, 6.45) is 3.83. The van der Waals surface area contributed by atoms with Gasteiger partial charge in [-0.1, -0.05) is 33.6 Å². The van der Waals surface area contributed by atoms with Crippen LogP contribution in [0, 0.1) is 5.92 Å². The van der Waals surface area contributed by atoms with Gasteiger partial charge in [0.2, 0.25) is 0 Å². The maximum absolute atomic E-state index is 12.2. The minimum atomic E-state index is -0.275. The molecule has 0 amide bonds. The smallest absolute Gasteiger partial charge is 0.153 e. The highest BCUT2D eigenvalue weighted by molar-refractivity contribution is 5.88. The Hall–Kier alpha value is -0.370. The molecule has 0 aromatic rings. The molecule has 0 aromatic heterocycles. The monoisotopic (exact) mass is 213 g/mol. The molecule has 0 spiro atoms. The van der Waals surface area contributed by atoms with E-state index < -0.39 is 0 Å². The van der Waals surface area contributed by atoms with E-state index in [0.29, 0.717) is 11.7 Å². The topological polar surface area (TPSA) is 20.3 Å². The van der Waals surface area contributed by atoms with Crippen LogP contribution in [0.5, 0.6) is 0 Å². The van der Waals surface area contributed by atoms with Gasteiger partial charge < -0.3 is 0 Å². The number of nitrogens with zero attached hydrogens (tertiary/aromatic N) is 1. The molecule has 0 rings (SSSR count). The molecule has 0 fully saturated rings. The molecule has 2 heteroatoms. The van der Waals surface area contributed by atoms with Gasteiger partial charge in [-0.25, -0.2) is 0 Å². The summed E-state index contributed by atoms with van der Waals surface area (Å²) in [5, 5.41) is 0. The first-order chi connectivity index (χ1) is 6.92. The molecule has 0 aliphatic heterocycles. The summed E-state index contributed by atoms with van der Waals surface area (Å²) in [5.74, 6) is 0.951. The summed E-state index contributed by atoms with van der Waals surface area (Å²) in [5.41, 5.74) is -0.275. The van der Waals surface area contributed by atoms with Crippen LogP contribution in [0.2, 0.25) is 0 Å². The molecule has 0 radical (unpaired) electrons. The Morgan fingerprint density at radius 1 is 1.20 bits per heavy atom. The second-order valence-electron chi connectivity index (χ2n) is 4.83. The minimum Gasteiger partial charge on any atom is -0.298 e. The Balaban J connectivity index is 4.53. The standard InChI is InChI=1S/C13H27NO/c1-7-11(8-2)10-12(15)13(4,9-3)14(5)6/h11H,7-10H2,1-6H3. The maximum Gasteiger partial charge on any atom is 0.153 e. The van der Waals surface area contributed by atoms with Crippen molar-refractivity contribution < 1.29 is 4.79 Å². The van der Waals surface area contributed by atoms with Gasteiger partial charge in [-0.15, -0.1) is 0 Å². The average molecular weight is 213 g/mol. The van der Waals surface area contributed by atoms with Crippen molar-refractivity contribution in [2.24, 2.45) is 5.92 Å². The Morgan fingerprint density at radius 2 is 1.67 bits per heavy atom. The number of hydrogen-bond acceptors (Lipinski definition) is 2. The number of carbonyl (C=O) groups excluding carboxylic acids is 1. The molecule has 1 atom stereocenters. The summed E-state index contributed by atoms with van der Waals surface area (Å²) < 4.78 is 0. The van der Waals surface area contributed by atoms with E-state index in [-0.39, 0.29) is 5.54 Å². The lowest BCUT2D eigenvalue weighted by Gasteiger charge is -2.35. The predicted molar refractivity (Wildman–Crippen MR) is 66.1 cm³/mol. The van der Waals surface area contributed by atoms with Crippen LogP contribution in [0.3, 0.4) is 0 Å². The molecule has 1 unspecified atom stereocenters. The third-order valence-corrected chi connectivity index (χ3v) is 3.90. The third kappa shape index (κ3) is 3.60. The molecule has 0 aliphatic rings. The molecule has 0 aromatic carbocycles. The summed E-state index contributed by atoms with van der Waals surface area (Å²) in [4.78, 5) is 14.3. The molecule has 0 saturated heterocycles. The Labute approximate surface area is 95.0 Å². The largest absolute Gasteiger partial charge is 0.298 e. The first-order valence-corrected chi connectivity index (χ1v) is 6.13. The van der Waals surface area contributed by atoms with Crippen LogP contribution in [-0.4, -0.2) is 30.3 Å². The zero-order valence-electron chi connectivity index (χ0n) is 11.3. The van der Waals surface area contributed by atoms with Gasteiger partial charge in [0.1, 0.15) is 0 Å². The Morgan fingerprint density at radius 3 is 1.93 bits per heavy atom. The summed E-state index contributed by atoms with van der Waals surface area (Å²) in [6.45, 7) is 8.48. The molecule has 0 saturated carbocycles. The van der Waals surface area contributed by atoms with Crippen LogP contribution in [0.4, 0.5) is 0 Å². The zero-order chi connectivity index (χ0) is 12.1. The van der Waals surface area contributed by atoms with Gasteiger partial charge in [0.15, 0.2) is 5.78 Å². The van der Waals surface area contributed by atoms with Crippen molar-refractivity contribution in [1.29, 1.82) is 0 Å². The molecule has 0 N–H and O–H groups in total. The van der Waals surface area contributed by atoms with E-state index in [2.05, 4.69) is 32.6 Å². The highest BCUT2D eigenvalue weighted by Crippen LogP contribution is 2.23. The lowest BCUT2D eigenvalue weighted by atomic mass is 9.84. The first kappa shape index (κ1) is 14.6. The van der Waals surface area contributed by atoms with Crippen LogP contribution < -0.4 is 0 Å². The van der Waals surface area contributed by atoms with E-state index >= 15 is 0 Å². The molecular weight excluding hydrogens is 186 g/mol. The van der Waals surface area contributed by atoms with Crippen molar-refractivity contribution >= 4 is 5.78 Å². The second kappa shape index (κ2) is 6.26. The predicted octanol–water partition coefficient (Wildman–Crippen LogP) is 3.11. The van der Waals surface area contributed by atoms with Gasteiger partial charge >= 0.3 is 0 Å². The number of rotatable bonds is 7. The molecular formula is C13H27NO. The molecule has 90 valence electrons. The van der Waals surface area contributed by atoms with E-state index in [1.54, 1.807) is 0 Å². The number of ketones is 1. The lowest BCUT2D eigenvalue weighted by molar-refractivity contribution is -0.130. The van der Waals surface area contributed by atoms with Gasteiger partial charge in [0.05, 0.1) is 5.54 Å². The summed E-state index contributed by atoms with van der Waals surface area (Å²) >= 11 is 0. The van der Waals surface area contributed by atoms with Gasteiger partial charge in [-0.2, -0.15) is 0 Å². The normalized spacial score (nSPS) is 15.7. The Kier molecular flexibility index (Phi) is 6.11. The first-order valence-electron chi connectivity index (χ1n) is 6.13. The van der Waals surface area contributed by atoms with Crippen LogP contribution >= 0.6 is 0 Å². The van der Waals surface area contributed by atoms with Crippen molar-refractivity contribution in [1.82, 2.24) is 4.90 Å². The van der Waals surface area contributed by atoms with Gasteiger partial charge in [0.25, 0.3) is 0 Å². The molecule has 0 bridgehead atoms. The summed E-state index contributed by atoms with van der Waals surface area (Å²) in [6, 6.07) is 0. The SMILES string of the molecule is CCC(CC)CC(=O)C(C)(CC)N(C)C. The number of likely N-dealkylation sites (N-methyl/N-ethyl adjacent to an activating group) is 1. The Bertz CT molecular complexity index is 197. The van der Waals surface area contributed by atoms with Crippen molar-refractivity contribution in [2.75, 3.05) is 14.1 Å². The van der Waals surface area contributed by atoms with Crippen molar-refractivity contribution in [3.8, 4) is 0 Å². The number of carbonyl (C=O) groups is 1. The van der Waals surface area contributed by atoms with Crippen molar-refractivity contribution in [2.45, 2.75) is 58.9 Å². The van der Waals surface area contributed by atoms with Crippen LogP contribution in [0.1, 0.15) is 53.4 Å². The minimum absolute atomic E-state index is 0.275. The highest BCUT2D eigenvalue weighted by Gasteiger charge is 2.33. The van der Waals surface area contributed by atoms with Gasteiger partial charge in [-0.3, -0.25) is 9.69 Å². The molecule has 0 heterocycles. The fraction of sp³-hybridized carbons (Fsp3) is 0.923. The molecule has 0 aliphatic carbocycles. The van der Waals surface area contributed by atoms with Gasteiger partial charge in [-0.05, 0) is 33.4 Å². The maximum atomic E-state index is 12.2. The number of Topliss-reactive ketones (excluding diaryl/α,β-unsaturated/α-hetero) is 1. The van der Waals surface area contributed by atoms with Gasteiger partial charge in [0, 0.05) is 6.42 Å². The molecule has 2 nitrogen and oxygen atoms in total. The van der Waals surface area contributed by atoms with Crippen molar-refractivity contribution in [3.63, 3.8) is 0 Å². The molecule has 15 heavy (non-hydrogen) atoms. The van der Waals surface area contributed by atoms with E-state index in [1.807, 2.05) is 14.1 Å².